The molecule has 0 aliphatic carbocycles. The molecule has 4 saturated heterocycles. The van der Waals surface area contributed by atoms with Gasteiger partial charge in [-0.3, -0.25) is 14.5 Å². The Kier molecular flexibility index (Phi) is 2.73. The fourth-order valence-corrected chi connectivity index (χ4v) is 5.50. The van der Waals surface area contributed by atoms with Gasteiger partial charge in [0.25, 0.3) is 0 Å². The van der Waals surface area contributed by atoms with E-state index in [-0.39, 0.29) is 16.6 Å². The molecule has 0 amide bonds. The van der Waals surface area contributed by atoms with Crippen LogP contribution < -0.4 is 0 Å². The summed E-state index contributed by atoms with van der Waals surface area (Å²) in [6.07, 6.45) is 0. The minimum absolute atomic E-state index is 0.198. The first-order valence-corrected chi connectivity index (χ1v) is 8.05. The molecule has 4 bridgehead atoms. The number of ketones is 2. The lowest BCUT2D eigenvalue weighted by Gasteiger charge is -2.64. The molecule has 4 fully saturated rings. The van der Waals surface area contributed by atoms with E-state index < -0.39 is 0 Å². The number of carbonyl (C=O) groups excluding carboxylic acids is 2. The van der Waals surface area contributed by atoms with E-state index in [0.29, 0.717) is 12.3 Å². The van der Waals surface area contributed by atoms with Gasteiger partial charge in [-0.2, -0.15) is 0 Å². The second-order valence-corrected chi connectivity index (χ2v) is 8.18. The van der Waals surface area contributed by atoms with Gasteiger partial charge in [0, 0.05) is 18.7 Å². The third-order valence-electron chi connectivity index (χ3n) is 5.69. The van der Waals surface area contributed by atoms with Gasteiger partial charge in [0.05, 0.1) is 23.9 Å². The van der Waals surface area contributed by atoms with Crippen LogP contribution in [0.15, 0.2) is 30.3 Å². The van der Waals surface area contributed by atoms with Crippen LogP contribution in [0.2, 0.25) is 0 Å². The highest BCUT2D eigenvalue weighted by molar-refractivity contribution is 5.97. The van der Waals surface area contributed by atoms with Crippen LogP contribution in [0.4, 0.5) is 0 Å². The molecule has 4 heteroatoms. The van der Waals surface area contributed by atoms with Gasteiger partial charge in [-0.1, -0.05) is 30.3 Å². The molecular formula is C18H23N2O2+. The lowest BCUT2D eigenvalue weighted by Crippen LogP contribution is -2.82. The monoisotopic (exact) mass is 299 g/mol. The van der Waals surface area contributed by atoms with Gasteiger partial charge >= 0.3 is 0 Å². The third-order valence-corrected chi connectivity index (χ3v) is 5.69. The number of hydrogen-bond acceptors (Lipinski definition) is 3. The summed E-state index contributed by atoms with van der Waals surface area (Å²) in [7, 11) is 0. The summed E-state index contributed by atoms with van der Waals surface area (Å²) in [5, 5.41) is 0. The normalized spacial score (nSPS) is 42.6. The number of hydrogen-bond donors (Lipinski definition) is 0. The molecule has 2 atom stereocenters. The van der Waals surface area contributed by atoms with Crippen molar-refractivity contribution >= 4 is 11.6 Å². The Balaban J connectivity index is 1.65. The van der Waals surface area contributed by atoms with Gasteiger partial charge in [-0.05, 0) is 13.8 Å². The molecule has 0 aromatic heterocycles. The highest BCUT2D eigenvalue weighted by Gasteiger charge is 2.66. The zero-order valence-electron chi connectivity index (χ0n) is 13.3. The zero-order chi connectivity index (χ0) is 15.6. The summed E-state index contributed by atoms with van der Waals surface area (Å²) in [6.45, 7) is 8.97. The summed E-state index contributed by atoms with van der Waals surface area (Å²) in [5.74, 6) is 0.611. The highest BCUT2D eigenvalue weighted by Crippen LogP contribution is 2.49. The molecule has 22 heavy (non-hydrogen) atoms. The van der Waals surface area contributed by atoms with Crippen LogP contribution >= 0.6 is 0 Å². The molecule has 1 aromatic carbocycles. The highest BCUT2D eigenvalue weighted by atomic mass is 16.1. The largest absolute Gasteiger partial charge is 0.303 e. The molecule has 4 aliphatic heterocycles. The van der Waals surface area contributed by atoms with Crippen molar-refractivity contribution < 1.29 is 14.1 Å². The van der Waals surface area contributed by atoms with Crippen molar-refractivity contribution in [1.82, 2.24) is 4.90 Å². The molecule has 0 saturated carbocycles. The van der Waals surface area contributed by atoms with E-state index in [2.05, 4.69) is 18.7 Å². The zero-order valence-corrected chi connectivity index (χ0v) is 13.3. The van der Waals surface area contributed by atoms with E-state index in [1.807, 2.05) is 30.3 Å². The standard InChI is InChI=1S/C18H23N2O2/c1-17-9-19-10-18(2,16(17)22)12-20(11-17,13-19)8-15(21)14-6-4-3-5-7-14/h3-7H,8-13H2,1-2H3/q+1. The van der Waals surface area contributed by atoms with E-state index in [1.54, 1.807) is 0 Å². The molecule has 1 aromatic rings. The maximum Gasteiger partial charge on any atom is 0.216 e. The molecule has 4 nitrogen and oxygen atoms in total. The summed E-state index contributed by atoms with van der Waals surface area (Å²) in [4.78, 5) is 27.9. The van der Waals surface area contributed by atoms with E-state index in [0.717, 1.165) is 42.9 Å². The Morgan fingerprint density at radius 3 is 2.32 bits per heavy atom. The van der Waals surface area contributed by atoms with Gasteiger partial charge in [-0.15, -0.1) is 0 Å². The fourth-order valence-electron chi connectivity index (χ4n) is 5.50. The number of nitrogens with zero attached hydrogens (tertiary/aromatic N) is 2. The van der Waals surface area contributed by atoms with Crippen molar-refractivity contribution in [1.29, 1.82) is 0 Å². The number of carbonyl (C=O) groups is 2. The van der Waals surface area contributed by atoms with Gasteiger partial charge in [0.2, 0.25) is 5.78 Å². The molecule has 0 N–H and O–H groups in total. The number of rotatable bonds is 3. The fraction of sp³-hybridized carbons (Fsp3) is 0.556. The van der Waals surface area contributed by atoms with Crippen molar-refractivity contribution in [2.75, 3.05) is 39.4 Å². The Hall–Kier alpha value is -1.52. The van der Waals surface area contributed by atoms with Crippen molar-refractivity contribution in [2.24, 2.45) is 10.8 Å². The van der Waals surface area contributed by atoms with Gasteiger partial charge in [-0.25, -0.2) is 0 Å². The van der Waals surface area contributed by atoms with Crippen LogP contribution in [-0.4, -0.2) is 60.3 Å². The lowest BCUT2D eigenvalue weighted by molar-refractivity contribution is -0.956. The first-order chi connectivity index (χ1) is 10.3. The van der Waals surface area contributed by atoms with E-state index in [9.17, 15) is 9.59 Å². The first kappa shape index (κ1) is 14.1. The first-order valence-electron chi connectivity index (χ1n) is 8.05. The molecule has 5 rings (SSSR count). The van der Waals surface area contributed by atoms with Crippen molar-refractivity contribution in [3.63, 3.8) is 0 Å². The Morgan fingerprint density at radius 1 is 1.14 bits per heavy atom. The van der Waals surface area contributed by atoms with Crippen LogP contribution in [0.3, 0.4) is 0 Å². The minimum atomic E-state index is -0.277. The molecule has 0 spiro atoms. The van der Waals surface area contributed by atoms with Crippen LogP contribution in [0, 0.1) is 10.8 Å². The topological polar surface area (TPSA) is 37.4 Å². The summed E-state index contributed by atoms with van der Waals surface area (Å²) in [5.41, 5.74) is 0.231. The molecule has 2 unspecified atom stereocenters. The summed E-state index contributed by atoms with van der Waals surface area (Å²) < 4.78 is 0.756. The second-order valence-electron chi connectivity index (χ2n) is 8.18. The Morgan fingerprint density at radius 2 is 1.73 bits per heavy atom. The van der Waals surface area contributed by atoms with Gasteiger partial charge in [0.1, 0.15) is 13.2 Å². The van der Waals surface area contributed by atoms with Gasteiger partial charge < -0.3 is 4.48 Å². The van der Waals surface area contributed by atoms with Gasteiger partial charge in [0.15, 0.2) is 5.78 Å². The molecule has 116 valence electrons. The molecule has 4 aliphatic rings. The predicted molar refractivity (Wildman–Crippen MR) is 83.3 cm³/mol. The number of Topliss-reactive ketones (excluding diaryl/α,β-unsaturated/α-hetero) is 2. The van der Waals surface area contributed by atoms with Crippen LogP contribution in [-0.2, 0) is 4.79 Å². The maximum atomic E-state index is 12.8. The van der Waals surface area contributed by atoms with Crippen LogP contribution in [0.1, 0.15) is 24.2 Å². The second kappa shape index (κ2) is 4.27. The van der Waals surface area contributed by atoms with Crippen LogP contribution in [0.25, 0.3) is 0 Å². The minimum Gasteiger partial charge on any atom is -0.303 e. The summed E-state index contributed by atoms with van der Waals surface area (Å²) >= 11 is 0. The van der Waals surface area contributed by atoms with Crippen molar-refractivity contribution in [3.8, 4) is 0 Å². The smallest absolute Gasteiger partial charge is 0.216 e. The Bertz CT molecular complexity index is 632. The predicted octanol–water partition coefficient (Wildman–Crippen LogP) is 1.57. The lowest BCUT2D eigenvalue weighted by atomic mass is 9.61. The average Bonchev–Trinajstić information content (AvgIpc) is 2.44. The number of quaternary nitrogens is 1. The maximum absolute atomic E-state index is 12.8. The molecule has 0 radical (unpaired) electrons. The van der Waals surface area contributed by atoms with E-state index in [4.69, 9.17) is 0 Å². The molecular weight excluding hydrogens is 276 g/mol. The molecule has 4 heterocycles. The summed E-state index contributed by atoms with van der Waals surface area (Å²) in [6, 6.07) is 9.54. The number of piperidine rings is 2. The quantitative estimate of drug-likeness (QED) is 0.628. The van der Waals surface area contributed by atoms with E-state index >= 15 is 0 Å². The van der Waals surface area contributed by atoms with E-state index in [1.165, 1.54) is 0 Å². The Labute approximate surface area is 131 Å². The third kappa shape index (κ3) is 1.90. The number of benzene rings is 1. The average molecular weight is 299 g/mol. The van der Waals surface area contributed by atoms with Crippen molar-refractivity contribution in [3.05, 3.63) is 35.9 Å². The van der Waals surface area contributed by atoms with Crippen LogP contribution in [0.5, 0.6) is 0 Å². The van der Waals surface area contributed by atoms with Crippen molar-refractivity contribution in [2.45, 2.75) is 13.8 Å². The SMILES string of the molecule is CC12CN3CC(C)(C[N+](CC(=O)c4ccccc4)(C3)C1)C2=O.